The molecule has 3 aliphatic carbocycles. The van der Waals surface area contributed by atoms with Crippen molar-refractivity contribution in [1.82, 2.24) is 0 Å². The Balaban J connectivity index is 0.960. The van der Waals surface area contributed by atoms with E-state index in [0.29, 0.717) is 0 Å². The van der Waals surface area contributed by atoms with E-state index in [9.17, 15) is 0 Å². The van der Waals surface area contributed by atoms with Crippen molar-refractivity contribution in [3.05, 3.63) is 305 Å². The summed E-state index contributed by atoms with van der Waals surface area (Å²) in [7, 11) is 0. The van der Waals surface area contributed by atoms with Crippen LogP contribution in [-0.4, -0.2) is 0 Å². The fourth-order valence-electron chi connectivity index (χ4n) is 12.5. The lowest BCUT2D eigenvalue weighted by Gasteiger charge is -2.50. The molecule has 1 spiro atoms. The van der Waals surface area contributed by atoms with Crippen molar-refractivity contribution in [3.8, 4) is 33.4 Å². The maximum atomic E-state index is 2.50. The molecule has 1 heterocycles. The highest BCUT2D eigenvalue weighted by Crippen LogP contribution is 2.65. The Morgan fingerprint density at radius 1 is 0.343 bits per heavy atom. The SMILES string of the molecule is C1=CC(C2(c3ccccc3)c3ccccc3C3(c4ccccc4-c4cc(N(c5ccc(-c6ccccc6)cc5)c5ccc(-c6ccc7sc8ccccc8c7c6)cc5)ccc43)c3ccccc32)=CCC1. The van der Waals surface area contributed by atoms with Gasteiger partial charge in [0.1, 0.15) is 0 Å². The number of benzene rings is 10. The molecular formula is C68H47NS. The molecule has 0 bridgehead atoms. The zero-order chi connectivity index (χ0) is 46.2. The third kappa shape index (κ3) is 5.97. The van der Waals surface area contributed by atoms with Crippen LogP contribution in [0.5, 0.6) is 0 Å². The number of rotatable bonds is 7. The Bertz CT molecular complexity index is 3830. The lowest BCUT2D eigenvalue weighted by Crippen LogP contribution is -2.45. The minimum atomic E-state index is -0.548. The molecule has 70 heavy (non-hydrogen) atoms. The average molecular weight is 910 g/mol. The fraction of sp³-hybridized carbons (Fsp3) is 0.0588. The van der Waals surface area contributed by atoms with Crippen molar-refractivity contribution in [2.24, 2.45) is 0 Å². The standard InChI is InChI=1S/C68H47NS/c1-4-18-46(19-5-1)47-32-37-52(38-33-47)69(53-39-34-48(35-40-53)49-36-43-66-58(44-49)56-25-11-17-31-65(56)70-66)54-41-42-60-57(45-54)55-24-10-12-26-59(55)68(60)63-29-15-13-27-61(63)67(50-20-6-2-7-21-50,51-22-8-3-9-23-51)62-28-14-16-30-64(62)68/h1-2,4-8,10-45H,3,9H2. The summed E-state index contributed by atoms with van der Waals surface area (Å²) in [5.41, 5.74) is 20.3. The first kappa shape index (κ1) is 40.7. The molecular weight excluding hydrogens is 863 g/mol. The van der Waals surface area contributed by atoms with Gasteiger partial charge >= 0.3 is 0 Å². The van der Waals surface area contributed by atoms with Crippen molar-refractivity contribution in [2.75, 3.05) is 4.90 Å². The van der Waals surface area contributed by atoms with Gasteiger partial charge in [0, 0.05) is 37.2 Å². The number of thiophene rings is 1. The van der Waals surface area contributed by atoms with E-state index in [0.717, 1.165) is 29.9 Å². The van der Waals surface area contributed by atoms with Crippen LogP contribution in [0.4, 0.5) is 17.1 Å². The molecule has 0 atom stereocenters. The van der Waals surface area contributed by atoms with Crippen LogP contribution in [0.1, 0.15) is 51.8 Å². The van der Waals surface area contributed by atoms with Gasteiger partial charge in [-0.25, -0.2) is 0 Å². The summed E-state index contributed by atoms with van der Waals surface area (Å²) >= 11 is 1.86. The fourth-order valence-corrected chi connectivity index (χ4v) is 13.6. The number of allylic oxidation sites excluding steroid dienone is 4. The third-order valence-corrected chi connectivity index (χ3v) is 16.6. The first-order valence-corrected chi connectivity index (χ1v) is 25.4. The van der Waals surface area contributed by atoms with Crippen LogP contribution in [0.25, 0.3) is 53.6 Å². The molecule has 1 aromatic heterocycles. The summed E-state index contributed by atoms with van der Waals surface area (Å²) in [4.78, 5) is 2.44. The number of hydrogen-bond donors (Lipinski definition) is 0. The number of fused-ring (bicyclic) bond motifs is 12. The van der Waals surface area contributed by atoms with E-state index in [1.54, 1.807) is 0 Å². The Morgan fingerprint density at radius 3 is 1.53 bits per heavy atom. The Hall–Kier alpha value is -8.30. The zero-order valence-corrected chi connectivity index (χ0v) is 39.4. The van der Waals surface area contributed by atoms with Gasteiger partial charge in [-0.3, -0.25) is 0 Å². The summed E-state index contributed by atoms with van der Waals surface area (Å²) < 4.78 is 2.65. The van der Waals surface area contributed by atoms with Gasteiger partial charge in [-0.15, -0.1) is 11.3 Å². The van der Waals surface area contributed by atoms with Crippen LogP contribution in [0.2, 0.25) is 0 Å². The summed E-state index contributed by atoms with van der Waals surface area (Å²) in [5, 5.41) is 2.64. The predicted molar refractivity (Wildman–Crippen MR) is 295 cm³/mol. The van der Waals surface area contributed by atoms with Crippen LogP contribution in [0.3, 0.4) is 0 Å². The van der Waals surface area contributed by atoms with Gasteiger partial charge in [0.05, 0.1) is 10.8 Å². The second kappa shape index (κ2) is 16.2. The van der Waals surface area contributed by atoms with Crippen molar-refractivity contribution in [1.29, 1.82) is 0 Å². The van der Waals surface area contributed by atoms with E-state index >= 15 is 0 Å². The molecule has 0 unspecified atom stereocenters. The molecule has 0 radical (unpaired) electrons. The molecule has 0 fully saturated rings. The number of hydrogen-bond acceptors (Lipinski definition) is 2. The minimum absolute atomic E-state index is 0.494. The maximum Gasteiger partial charge on any atom is 0.0720 e. The summed E-state index contributed by atoms with van der Waals surface area (Å²) in [6, 6.07) is 91.1. The van der Waals surface area contributed by atoms with E-state index < -0.39 is 10.8 Å². The van der Waals surface area contributed by atoms with Gasteiger partial charge in [-0.2, -0.15) is 0 Å². The van der Waals surface area contributed by atoms with Gasteiger partial charge in [0.2, 0.25) is 0 Å². The summed E-state index contributed by atoms with van der Waals surface area (Å²) in [6.45, 7) is 0. The number of anilines is 3. The van der Waals surface area contributed by atoms with Gasteiger partial charge in [-0.1, -0.05) is 206 Å². The van der Waals surface area contributed by atoms with Gasteiger partial charge in [0.15, 0.2) is 0 Å². The Morgan fingerprint density at radius 2 is 0.857 bits per heavy atom. The maximum absolute atomic E-state index is 2.50. The highest BCUT2D eigenvalue weighted by Gasteiger charge is 2.57. The molecule has 0 saturated heterocycles. The molecule has 11 aromatic rings. The molecule has 2 heteroatoms. The molecule has 0 amide bonds. The summed E-state index contributed by atoms with van der Waals surface area (Å²) in [5.74, 6) is 0. The topological polar surface area (TPSA) is 3.24 Å². The van der Waals surface area contributed by atoms with Crippen LogP contribution in [-0.2, 0) is 10.8 Å². The Labute approximate surface area is 413 Å². The molecule has 0 aliphatic heterocycles. The second-order valence-corrected chi connectivity index (χ2v) is 20.1. The lowest BCUT2D eigenvalue weighted by atomic mass is 9.51. The van der Waals surface area contributed by atoms with Crippen molar-refractivity contribution in [3.63, 3.8) is 0 Å². The molecule has 3 aliphatic rings. The molecule has 0 saturated carbocycles. The molecule has 14 rings (SSSR count). The first-order valence-electron chi connectivity index (χ1n) is 24.6. The van der Waals surface area contributed by atoms with E-state index in [4.69, 9.17) is 0 Å². The molecule has 0 N–H and O–H groups in total. The van der Waals surface area contributed by atoms with Crippen molar-refractivity contribution >= 4 is 48.6 Å². The van der Waals surface area contributed by atoms with Crippen LogP contribution >= 0.6 is 11.3 Å². The number of nitrogens with zero attached hydrogens (tertiary/aromatic N) is 1. The zero-order valence-electron chi connectivity index (χ0n) is 38.6. The first-order chi connectivity index (χ1) is 34.7. The normalized spacial score (nSPS) is 17.5. The second-order valence-electron chi connectivity index (χ2n) is 19.0. The third-order valence-electron chi connectivity index (χ3n) is 15.5. The quantitative estimate of drug-likeness (QED) is 0.154. The van der Waals surface area contributed by atoms with E-state index in [1.165, 1.54) is 98.1 Å². The van der Waals surface area contributed by atoms with Gasteiger partial charge in [0.25, 0.3) is 0 Å². The van der Waals surface area contributed by atoms with Crippen LogP contribution in [0, 0.1) is 0 Å². The molecule has 10 aromatic carbocycles. The summed E-state index contributed by atoms with van der Waals surface area (Å²) in [6.07, 6.45) is 9.37. The predicted octanol–water partition coefficient (Wildman–Crippen LogP) is 18.1. The monoisotopic (exact) mass is 909 g/mol. The van der Waals surface area contributed by atoms with Gasteiger partial charge in [-0.05, 0) is 145 Å². The lowest BCUT2D eigenvalue weighted by molar-refractivity contribution is 0.619. The van der Waals surface area contributed by atoms with E-state index in [-0.39, 0.29) is 0 Å². The highest BCUT2D eigenvalue weighted by molar-refractivity contribution is 7.25. The minimum Gasteiger partial charge on any atom is -0.310 e. The molecule has 1 nitrogen and oxygen atoms in total. The van der Waals surface area contributed by atoms with Crippen molar-refractivity contribution < 1.29 is 0 Å². The van der Waals surface area contributed by atoms with Crippen molar-refractivity contribution in [2.45, 2.75) is 23.7 Å². The van der Waals surface area contributed by atoms with Gasteiger partial charge < -0.3 is 4.90 Å². The van der Waals surface area contributed by atoms with Crippen LogP contribution in [0.15, 0.2) is 266 Å². The average Bonchev–Trinajstić information content (AvgIpc) is 3.96. The van der Waals surface area contributed by atoms with E-state index in [2.05, 4.69) is 266 Å². The Kier molecular flexibility index (Phi) is 9.41. The smallest absolute Gasteiger partial charge is 0.0720 e. The molecule has 330 valence electrons. The largest absolute Gasteiger partial charge is 0.310 e. The highest BCUT2D eigenvalue weighted by atomic mass is 32.1. The van der Waals surface area contributed by atoms with E-state index in [1.807, 2.05) is 11.3 Å². The van der Waals surface area contributed by atoms with Crippen LogP contribution < -0.4 is 4.90 Å².